The zero-order valence-corrected chi connectivity index (χ0v) is 9.96. The highest BCUT2D eigenvalue weighted by Crippen LogP contribution is 2.18. The van der Waals surface area contributed by atoms with Crippen LogP contribution in [0, 0.1) is 0 Å². The van der Waals surface area contributed by atoms with Crippen LogP contribution >= 0.6 is 0 Å². The molecule has 0 aliphatic carbocycles. The molecule has 0 spiro atoms. The van der Waals surface area contributed by atoms with Gasteiger partial charge in [0.05, 0.1) is 18.2 Å². The Labute approximate surface area is 105 Å². The maximum atomic E-state index is 11.2. The fourth-order valence-electron chi connectivity index (χ4n) is 1.61. The van der Waals surface area contributed by atoms with Crippen molar-refractivity contribution in [2.24, 2.45) is 0 Å². The standard InChI is InChI=1S/C14H13NO3/c1-2-18-14(17)9-13(16)11-5-6-12-10(8-11)4-3-7-15-12/h3-9,16H,2H2,1H3. The van der Waals surface area contributed by atoms with Crippen LogP contribution in [-0.4, -0.2) is 22.7 Å². The number of nitrogens with zero attached hydrogens (tertiary/aromatic N) is 1. The fourth-order valence-corrected chi connectivity index (χ4v) is 1.61. The molecule has 2 rings (SSSR count). The lowest BCUT2D eigenvalue weighted by molar-refractivity contribution is -0.137. The van der Waals surface area contributed by atoms with Gasteiger partial charge in [-0.25, -0.2) is 4.79 Å². The molecule has 0 radical (unpaired) electrons. The maximum absolute atomic E-state index is 11.2. The Morgan fingerprint density at radius 1 is 1.44 bits per heavy atom. The number of carbonyl (C=O) groups excluding carboxylic acids is 1. The number of aliphatic hydroxyl groups excluding tert-OH is 1. The highest BCUT2D eigenvalue weighted by molar-refractivity contribution is 5.91. The minimum atomic E-state index is -0.554. The molecule has 1 N–H and O–H groups in total. The molecule has 4 heteroatoms. The Hall–Kier alpha value is -2.36. The fraction of sp³-hybridized carbons (Fsp3) is 0.143. The summed E-state index contributed by atoms with van der Waals surface area (Å²) in [5, 5.41) is 10.7. The average Bonchev–Trinajstić information content (AvgIpc) is 2.38. The Morgan fingerprint density at radius 2 is 2.28 bits per heavy atom. The Bertz CT molecular complexity index is 605. The second-order valence-electron chi connectivity index (χ2n) is 3.69. The van der Waals surface area contributed by atoms with E-state index in [-0.39, 0.29) is 12.4 Å². The summed E-state index contributed by atoms with van der Waals surface area (Å²) in [6, 6.07) is 8.98. The molecule has 0 unspecified atom stereocenters. The SMILES string of the molecule is CCOC(=O)C=C(O)c1ccc2ncccc2c1. The first kappa shape index (κ1) is 12.1. The number of benzene rings is 1. The predicted molar refractivity (Wildman–Crippen MR) is 69.0 cm³/mol. The van der Waals surface area contributed by atoms with E-state index in [1.165, 1.54) is 0 Å². The van der Waals surface area contributed by atoms with Gasteiger partial charge in [0.1, 0.15) is 5.76 Å². The second kappa shape index (κ2) is 5.31. The molecule has 0 saturated heterocycles. The van der Waals surface area contributed by atoms with Gasteiger partial charge in [-0.05, 0) is 31.2 Å². The summed E-state index contributed by atoms with van der Waals surface area (Å²) in [7, 11) is 0. The molecule has 1 aromatic carbocycles. The van der Waals surface area contributed by atoms with E-state index in [1.54, 1.807) is 31.3 Å². The molecule has 0 saturated carbocycles. The Kier molecular flexibility index (Phi) is 3.57. The molecule has 1 aromatic heterocycles. The molecule has 0 aliphatic rings. The van der Waals surface area contributed by atoms with Crippen LogP contribution in [0.1, 0.15) is 12.5 Å². The normalized spacial score (nSPS) is 11.5. The molecule has 4 nitrogen and oxygen atoms in total. The van der Waals surface area contributed by atoms with Crippen molar-refractivity contribution in [1.82, 2.24) is 4.98 Å². The van der Waals surface area contributed by atoms with E-state index >= 15 is 0 Å². The van der Waals surface area contributed by atoms with Gasteiger partial charge in [0.25, 0.3) is 0 Å². The first-order valence-corrected chi connectivity index (χ1v) is 5.63. The third kappa shape index (κ3) is 2.66. The molecule has 0 fully saturated rings. The van der Waals surface area contributed by atoms with Gasteiger partial charge in [0, 0.05) is 17.1 Å². The Morgan fingerprint density at radius 3 is 3.06 bits per heavy atom. The first-order valence-electron chi connectivity index (χ1n) is 5.63. The molecule has 2 aromatic rings. The predicted octanol–water partition coefficient (Wildman–Crippen LogP) is 2.70. The van der Waals surface area contributed by atoms with Gasteiger partial charge in [-0.2, -0.15) is 0 Å². The number of pyridine rings is 1. The number of fused-ring (bicyclic) bond motifs is 1. The molecule has 0 aliphatic heterocycles. The highest BCUT2D eigenvalue weighted by atomic mass is 16.5. The lowest BCUT2D eigenvalue weighted by atomic mass is 10.1. The van der Waals surface area contributed by atoms with Crippen LogP contribution in [0.5, 0.6) is 0 Å². The number of aliphatic hydroxyl groups is 1. The molecule has 1 heterocycles. The van der Waals surface area contributed by atoms with Crippen LogP contribution in [0.2, 0.25) is 0 Å². The van der Waals surface area contributed by atoms with Gasteiger partial charge < -0.3 is 9.84 Å². The van der Waals surface area contributed by atoms with Gasteiger partial charge in [0.2, 0.25) is 0 Å². The summed E-state index contributed by atoms with van der Waals surface area (Å²) in [4.78, 5) is 15.4. The summed E-state index contributed by atoms with van der Waals surface area (Å²) >= 11 is 0. The van der Waals surface area contributed by atoms with Crippen molar-refractivity contribution < 1.29 is 14.6 Å². The minimum absolute atomic E-state index is 0.112. The van der Waals surface area contributed by atoms with E-state index in [1.807, 2.05) is 12.1 Å². The molecule has 0 amide bonds. The van der Waals surface area contributed by atoms with Crippen LogP contribution in [0.4, 0.5) is 0 Å². The summed E-state index contributed by atoms with van der Waals surface area (Å²) in [6.07, 6.45) is 2.78. The lowest BCUT2D eigenvalue weighted by Gasteiger charge is -2.02. The van der Waals surface area contributed by atoms with Gasteiger partial charge in [-0.15, -0.1) is 0 Å². The van der Waals surface area contributed by atoms with Crippen LogP contribution in [0.25, 0.3) is 16.7 Å². The summed E-state index contributed by atoms with van der Waals surface area (Å²) in [6.45, 7) is 1.99. The summed E-state index contributed by atoms with van der Waals surface area (Å²) in [5.74, 6) is -0.666. The smallest absolute Gasteiger partial charge is 0.334 e. The van der Waals surface area contributed by atoms with E-state index in [9.17, 15) is 9.90 Å². The number of ether oxygens (including phenoxy) is 1. The van der Waals surface area contributed by atoms with Gasteiger partial charge in [-0.3, -0.25) is 4.98 Å². The number of rotatable bonds is 3. The summed E-state index contributed by atoms with van der Waals surface area (Å²) in [5.41, 5.74) is 1.40. The van der Waals surface area contributed by atoms with Crippen LogP contribution < -0.4 is 0 Å². The van der Waals surface area contributed by atoms with Crippen molar-refractivity contribution in [2.75, 3.05) is 6.61 Å². The zero-order valence-electron chi connectivity index (χ0n) is 9.96. The number of esters is 1. The molecular weight excluding hydrogens is 230 g/mol. The van der Waals surface area contributed by atoms with E-state index in [4.69, 9.17) is 4.74 Å². The van der Waals surface area contributed by atoms with Crippen LogP contribution in [-0.2, 0) is 9.53 Å². The van der Waals surface area contributed by atoms with E-state index in [0.29, 0.717) is 5.56 Å². The van der Waals surface area contributed by atoms with Crippen molar-refractivity contribution in [3.05, 3.63) is 48.2 Å². The summed E-state index contributed by atoms with van der Waals surface area (Å²) < 4.78 is 4.73. The van der Waals surface area contributed by atoms with Crippen molar-refractivity contribution >= 4 is 22.6 Å². The molecule has 0 bridgehead atoms. The average molecular weight is 243 g/mol. The van der Waals surface area contributed by atoms with Crippen LogP contribution in [0.15, 0.2) is 42.6 Å². The number of hydrogen-bond acceptors (Lipinski definition) is 4. The topological polar surface area (TPSA) is 59.4 Å². The van der Waals surface area contributed by atoms with E-state index in [0.717, 1.165) is 17.0 Å². The maximum Gasteiger partial charge on any atom is 0.334 e. The highest BCUT2D eigenvalue weighted by Gasteiger charge is 2.04. The molecule has 92 valence electrons. The third-order valence-electron chi connectivity index (χ3n) is 2.44. The van der Waals surface area contributed by atoms with E-state index < -0.39 is 5.97 Å². The minimum Gasteiger partial charge on any atom is -0.507 e. The molecular formula is C14H13NO3. The van der Waals surface area contributed by atoms with Crippen molar-refractivity contribution in [1.29, 1.82) is 0 Å². The third-order valence-corrected chi connectivity index (χ3v) is 2.44. The molecule has 18 heavy (non-hydrogen) atoms. The number of hydrogen-bond donors (Lipinski definition) is 1. The first-order chi connectivity index (χ1) is 8.70. The van der Waals surface area contributed by atoms with E-state index in [2.05, 4.69) is 4.98 Å². The zero-order chi connectivity index (χ0) is 13.0. The van der Waals surface area contributed by atoms with Gasteiger partial charge >= 0.3 is 5.97 Å². The van der Waals surface area contributed by atoms with Gasteiger partial charge in [0.15, 0.2) is 0 Å². The quantitative estimate of drug-likeness (QED) is 0.511. The lowest BCUT2D eigenvalue weighted by Crippen LogP contribution is -2.00. The van der Waals surface area contributed by atoms with Crippen molar-refractivity contribution in [3.63, 3.8) is 0 Å². The number of carbonyl (C=O) groups is 1. The van der Waals surface area contributed by atoms with Crippen LogP contribution in [0.3, 0.4) is 0 Å². The number of aromatic nitrogens is 1. The molecule has 0 atom stereocenters. The van der Waals surface area contributed by atoms with Crippen molar-refractivity contribution in [2.45, 2.75) is 6.92 Å². The monoisotopic (exact) mass is 243 g/mol. The largest absolute Gasteiger partial charge is 0.507 e. The van der Waals surface area contributed by atoms with Gasteiger partial charge in [-0.1, -0.05) is 6.07 Å². The van der Waals surface area contributed by atoms with Crippen molar-refractivity contribution in [3.8, 4) is 0 Å². The Balaban J connectivity index is 2.33. The second-order valence-corrected chi connectivity index (χ2v) is 3.69.